The van der Waals surface area contributed by atoms with Gasteiger partial charge in [-0.15, -0.1) is 0 Å². The van der Waals surface area contributed by atoms with Gasteiger partial charge in [-0.25, -0.2) is 4.68 Å². The summed E-state index contributed by atoms with van der Waals surface area (Å²) in [6.07, 6.45) is 1.46. The zero-order chi connectivity index (χ0) is 27.4. The maximum Gasteiger partial charge on any atom is 0.255 e. The standard InChI is InChI=1S/C29H28ClN5O4/c1-4-38-25-15-20(11-14-24(25)39-16-19-9-12-21(30)13-10-19)27-26(18(2)33-29-31-17-32-35(27)29)28(36)34-22-7-5-6-8-23(22)37-3/h5-15,17,27H,4,16H2,1-3H3,(H,34,36)(H,31,32,33). The van der Waals surface area contributed by atoms with E-state index >= 15 is 0 Å². The Bertz CT molecular complexity index is 1520. The lowest BCUT2D eigenvalue weighted by atomic mass is 9.94. The number of rotatable bonds is 9. The topological polar surface area (TPSA) is 99.5 Å². The van der Waals surface area contributed by atoms with E-state index in [0.717, 1.165) is 11.1 Å². The van der Waals surface area contributed by atoms with Crippen molar-refractivity contribution in [3.05, 3.63) is 100 Å². The molecule has 0 radical (unpaired) electrons. The van der Waals surface area contributed by atoms with Crippen LogP contribution in [0.5, 0.6) is 17.2 Å². The second kappa shape index (κ2) is 11.5. The van der Waals surface area contributed by atoms with E-state index in [1.807, 2.05) is 68.4 Å². The van der Waals surface area contributed by atoms with Crippen molar-refractivity contribution in [1.82, 2.24) is 14.8 Å². The Morgan fingerprint density at radius 1 is 1.05 bits per heavy atom. The summed E-state index contributed by atoms with van der Waals surface area (Å²) in [5.41, 5.74) is 3.47. The van der Waals surface area contributed by atoms with Gasteiger partial charge in [0.15, 0.2) is 11.5 Å². The SMILES string of the molecule is CCOc1cc(C2C(C(=O)Nc3ccccc3OC)=C(C)Nc3ncnn32)ccc1OCc1ccc(Cl)cc1. The van der Waals surface area contributed by atoms with Crippen LogP contribution in [-0.2, 0) is 11.4 Å². The summed E-state index contributed by atoms with van der Waals surface area (Å²) in [5, 5.41) is 11.3. The zero-order valence-corrected chi connectivity index (χ0v) is 22.5. The summed E-state index contributed by atoms with van der Waals surface area (Å²) in [7, 11) is 1.56. The number of fused-ring (bicyclic) bond motifs is 1. The van der Waals surface area contributed by atoms with Crippen molar-refractivity contribution >= 4 is 29.1 Å². The van der Waals surface area contributed by atoms with E-state index in [4.69, 9.17) is 25.8 Å². The van der Waals surface area contributed by atoms with Crippen LogP contribution >= 0.6 is 11.6 Å². The van der Waals surface area contributed by atoms with Crippen LogP contribution in [0, 0.1) is 0 Å². The first kappa shape index (κ1) is 26.1. The number of nitrogens with one attached hydrogen (secondary N) is 2. The molecule has 0 aliphatic carbocycles. The third-order valence-corrected chi connectivity index (χ3v) is 6.54. The van der Waals surface area contributed by atoms with Crippen LogP contribution in [0.3, 0.4) is 0 Å². The number of hydrogen-bond donors (Lipinski definition) is 2. The molecule has 2 N–H and O–H groups in total. The van der Waals surface area contributed by atoms with Crippen LogP contribution in [0.2, 0.25) is 5.02 Å². The molecular formula is C29H28ClN5O4. The molecular weight excluding hydrogens is 518 g/mol. The quantitative estimate of drug-likeness (QED) is 0.272. The summed E-state index contributed by atoms with van der Waals surface area (Å²) in [6.45, 7) is 4.54. The van der Waals surface area contributed by atoms with Crippen LogP contribution in [0.15, 0.2) is 84.3 Å². The number of carbonyl (C=O) groups is 1. The second-order valence-corrected chi connectivity index (χ2v) is 9.24. The molecule has 0 saturated carbocycles. The van der Waals surface area contributed by atoms with Crippen molar-refractivity contribution in [3.8, 4) is 17.2 Å². The number of halogens is 1. The van der Waals surface area contributed by atoms with Crippen LogP contribution in [0.25, 0.3) is 0 Å². The Hall–Kier alpha value is -4.50. The van der Waals surface area contributed by atoms with E-state index in [0.29, 0.717) is 58.4 Å². The average Bonchev–Trinajstić information content (AvgIpc) is 3.41. The molecule has 1 aliphatic heterocycles. The predicted octanol–water partition coefficient (Wildman–Crippen LogP) is 5.85. The Balaban J connectivity index is 1.49. The molecule has 39 heavy (non-hydrogen) atoms. The third kappa shape index (κ3) is 5.53. The number of amides is 1. The number of allylic oxidation sites excluding steroid dienone is 1. The molecule has 1 aromatic heterocycles. The molecule has 0 spiro atoms. The van der Waals surface area contributed by atoms with E-state index in [9.17, 15) is 4.79 Å². The first-order valence-corrected chi connectivity index (χ1v) is 12.8. The molecule has 3 aromatic carbocycles. The fraction of sp³-hybridized carbons (Fsp3) is 0.207. The lowest BCUT2D eigenvalue weighted by molar-refractivity contribution is -0.113. The fourth-order valence-corrected chi connectivity index (χ4v) is 4.58. The van der Waals surface area contributed by atoms with Crippen molar-refractivity contribution in [1.29, 1.82) is 0 Å². The highest BCUT2D eigenvalue weighted by molar-refractivity contribution is 6.30. The number of benzene rings is 3. The number of hydrogen-bond acceptors (Lipinski definition) is 7. The van der Waals surface area contributed by atoms with Crippen molar-refractivity contribution in [2.45, 2.75) is 26.5 Å². The number of para-hydroxylation sites is 2. The summed E-state index contributed by atoms with van der Waals surface area (Å²) in [4.78, 5) is 18.1. The van der Waals surface area contributed by atoms with Gasteiger partial charge in [-0.05, 0) is 61.4 Å². The van der Waals surface area contributed by atoms with Gasteiger partial charge in [0.05, 0.1) is 25.0 Å². The van der Waals surface area contributed by atoms with Crippen LogP contribution < -0.4 is 24.8 Å². The first-order valence-electron chi connectivity index (χ1n) is 12.4. The van der Waals surface area contributed by atoms with Crippen molar-refractivity contribution in [2.24, 2.45) is 0 Å². The van der Waals surface area contributed by atoms with Gasteiger partial charge in [0.1, 0.15) is 24.7 Å². The number of aromatic nitrogens is 3. The number of anilines is 2. The maximum atomic E-state index is 13.7. The van der Waals surface area contributed by atoms with E-state index in [-0.39, 0.29) is 5.91 Å². The molecule has 0 bridgehead atoms. The highest BCUT2D eigenvalue weighted by Crippen LogP contribution is 2.39. The minimum Gasteiger partial charge on any atom is -0.495 e. The van der Waals surface area contributed by atoms with Crippen LogP contribution in [0.4, 0.5) is 11.6 Å². The molecule has 4 aromatic rings. The van der Waals surface area contributed by atoms with Crippen molar-refractivity contribution in [2.75, 3.05) is 24.4 Å². The van der Waals surface area contributed by atoms with E-state index < -0.39 is 6.04 Å². The lowest BCUT2D eigenvalue weighted by Crippen LogP contribution is -2.31. The molecule has 10 heteroatoms. The van der Waals surface area contributed by atoms with E-state index in [2.05, 4.69) is 20.7 Å². The molecule has 1 aliphatic rings. The van der Waals surface area contributed by atoms with Gasteiger partial charge in [0, 0.05) is 10.7 Å². The van der Waals surface area contributed by atoms with E-state index in [1.165, 1.54) is 6.33 Å². The Kier molecular flexibility index (Phi) is 7.69. The van der Waals surface area contributed by atoms with Crippen molar-refractivity contribution in [3.63, 3.8) is 0 Å². The monoisotopic (exact) mass is 545 g/mol. The number of ether oxygens (including phenoxy) is 3. The van der Waals surface area contributed by atoms with Gasteiger partial charge in [-0.1, -0.05) is 41.9 Å². The third-order valence-electron chi connectivity index (χ3n) is 6.29. The van der Waals surface area contributed by atoms with Crippen LogP contribution in [-0.4, -0.2) is 34.4 Å². The van der Waals surface area contributed by atoms with Gasteiger partial charge in [-0.3, -0.25) is 4.79 Å². The molecule has 0 fully saturated rings. The number of methoxy groups -OCH3 is 1. The molecule has 200 valence electrons. The van der Waals surface area contributed by atoms with Gasteiger partial charge >= 0.3 is 0 Å². The zero-order valence-electron chi connectivity index (χ0n) is 21.8. The predicted molar refractivity (Wildman–Crippen MR) is 150 cm³/mol. The van der Waals surface area contributed by atoms with Gasteiger partial charge in [0.25, 0.3) is 5.91 Å². The minimum atomic E-state index is -0.567. The molecule has 0 saturated heterocycles. The minimum absolute atomic E-state index is 0.295. The summed E-state index contributed by atoms with van der Waals surface area (Å²) >= 11 is 6.00. The summed E-state index contributed by atoms with van der Waals surface area (Å²) in [6, 6.07) is 19.8. The van der Waals surface area contributed by atoms with Crippen molar-refractivity contribution < 1.29 is 19.0 Å². The van der Waals surface area contributed by atoms with Gasteiger partial charge < -0.3 is 24.8 Å². The molecule has 1 amide bonds. The summed E-state index contributed by atoms with van der Waals surface area (Å²) in [5.74, 6) is 1.95. The summed E-state index contributed by atoms with van der Waals surface area (Å²) < 4.78 is 19.2. The molecule has 9 nitrogen and oxygen atoms in total. The highest BCUT2D eigenvalue weighted by Gasteiger charge is 2.34. The average molecular weight is 546 g/mol. The highest BCUT2D eigenvalue weighted by atomic mass is 35.5. The second-order valence-electron chi connectivity index (χ2n) is 8.80. The lowest BCUT2D eigenvalue weighted by Gasteiger charge is -2.29. The molecule has 2 heterocycles. The normalized spacial score (nSPS) is 14.3. The Labute approximate surface area is 231 Å². The molecule has 5 rings (SSSR count). The number of nitrogens with zero attached hydrogens (tertiary/aromatic N) is 3. The Morgan fingerprint density at radius 2 is 1.85 bits per heavy atom. The largest absolute Gasteiger partial charge is 0.495 e. The van der Waals surface area contributed by atoms with Crippen LogP contribution in [0.1, 0.15) is 31.0 Å². The fourth-order valence-electron chi connectivity index (χ4n) is 4.45. The smallest absolute Gasteiger partial charge is 0.255 e. The van der Waals surface area contributed by atoms with Gasteiger partial charge in [0.2, 0.25) is 5.95 Å². The molecule has 1 unspecified atom stereocenters. The molecule has 1 atom stereocenters. The maximum absolute atomic E-state index is 13.7. The van der Waals surface area contributed by atoms with E-state index in [1.54, 1.807) is 23.9 Å². The first-order chi connectivity index (χ1) is 19.0. The Morgan fingerprint density at radius 3 is 2.62 bits per heavy atom. The van der Waals surface area contributed by atoms with Gasteiger partial charge in [-0.2, -0.15) is 10.1 Å². The number of carbonyl (C=O) groups excluding carboxylic acids is 1.